The highest BCUT2D eigenvalue weighted by atomic mass is 35.5. The van der Waals surface area contributed by atoms with E-state index in [4.69, 9.17) is 16.7 Å². The highest BCUT2D eigenvalue weighted by molar-refractivity contribution is 7.18. The van der Waals surface area contributed by atoms with Crippen molar-refractivity contribution in [2.24, 2.45) is 0 Å². The number of nitrogens with zero attached hydrogens (tertiary/aromatic N) is 6. The van der Waals surface area contributed by atoms with Crippen LogP contribution in [0.1, 0.15) is 16.1 Å². The van der Waals surface area contributed by atoms with Gasteiger partial charge in [0.15, 0.2) is 0 Å². The zero-order valence-electron chi connectivity index (χ0n) is 17.2. The van der Waals surface area contributed by atoms with Crippen LogP contribution >= 0.6 is 22.9 Å². The molecule has 0 saturated carbocycles. The van der Waals surface area contributed by atoms with Crippen LogP contribution in [-0.4, -0.2) is 29.1 Å². The fourth-order valence-electron chi connectivity index (χ4n) is 3.87. The molecule has 0 saturated heterocycles. The Balaban J connectivity index is 1.25. The van der Waals surface area contributed by atoms with Gasteiger partial charge in [-0.3, -0.25) is 4.68 Å². The lowest BCUT2D eigenvalue weighted by Crippen LogP contribution is -2.01. The number of rotatable bonds is 5. The number of thiophene rings is 1. The predicted molar refractivity (Wildman–Crippen MR) is 129 cm³/mol. The molecule has 0 amide bonds. The largest absolute Gasteiger partial charge is 0.365 e. The minimum absolute atomic E-state index is 0.514. The molecule has 1 N–H and O–H groups in total. The van der Waals surface area contributed by atoms with Gasteiger partial charge in [0.2, 0.25) is 0 Å². The molecule has 32 heavy (non-hydrogen) atoms. The first kappa shape index (κ1) is 19.2. The summed E-state index contributed by atoms with van der Waals surface area (Å²) >= 11 is 7.64. The molecular weight excluding hydrogens is 442 g/mol. The lowest BCUT2D eigenvalue weighted by Gasteiger charge is -2.04. The number of hydrogen-bond acceptors (Lipinski definition) is 6. The van der Waals surface area contributed by atoms with Crippen LogP contribution in [-0.2, 0) is 13.1 Å². The number of anilines is 1. The molecule has 0 bridgehead atoms. The number of nitrogens with one attached hydrogen (secondary N) is 1. The van der Waals surface area contributed by atoms with E-state index in [0.717, 1.165) is 43.8 Å². The number of imidazole rings is 1. The average molecular weight is 460 g/mol. The van der Waals surface area contributed by atoms with Crippen molar-refractivity contribution in [2.45, 2.75) is 20.0 Å². The third-order valence-electron chi connectivity index (χ3n) is 5.29. The van der Waals surface area contributed by atoms with Gasteiger partial charge in [0.05, 0.1) is 29.7 Å². The Bertz CT molecular complexity index is 1600. The SMILES string of the molecule is Cc1cn2cc(Cn3cc4c(NCc5cc6ccc(Cl)nc6s5)nccc4n3)ccc2n1. The van der Waals surface area contributed by atoms with Crippen molar-refractivity contribution >= 4 is 55.5 Å². The Morgan fingerprint density at radius 3 is 2.94 bits per heavy atom. The molecule has 158 valence electrons. The Morgan fingerprint density at radius 1 is 1.06 bits per heavy atom. The molecule has 6 aromatic heterocycles. The monoisotopic (exact) mass is 459 g/mol. The molecule has 0 fully saturated rings. The summed E-state index contributed by atoms with van der Waals surface area (Å²) in [7, 11) is 0. The minimum Gasteiger partial charge on any atom is -0.365 e. The smallest absolute Gasteiger partial charge is 0.137 e. The Hall–Kier alpha value is -3.49. The van der Waals surface area contributed by atoms with E-state index in [0.29, 0.717) is 18.2 Å². The first-order valence-electron chi connectivity index (χ1n) is 10.2. The number of pyridine rings is 3. The van der Waals surface area contributed by atoms with Crippen LogP contribution in [0, 0.1) is 6.92 Å². The average Bonchev–Trinajstić information content (AvgIpc) is 3.46. The second-order valence-electron chi connectivity index (χ2n) is 7.70. The maximum atomic E-state index is 6.01. The number of aromatic nitrogens is 6. The lowest BCUT2D eigenvalue weighted by molar-refractivity contribution is 0.693. The Kier molecular flexibility index (Phi) is 4.55. The van der Waals surface area contributed by atoms with E-state index in [1.54, 1.807) is 17.5 Å². The van der Waals surface area contributed by atoms with Crippen molar-refractivity contribution < 1.29 is 0 Å². The van der Waals surface area contributed by atoms with E-state index in [1.807, 2.05) is 48.3 Å². The van der Waals surface area contributed by atoms with Gasteiger partial charge in [0.25, 0.3) is 0 Å². The molecule has 7 nitrogen and oxygen atoms in total. The highest BCUT2D eigenvalue weighted by Crippen LogP contribution is 2.27. The molecule has 0 aromatic carbocycles. The van der Waals surface area contributed by atoms with Gasteiger partial charge < -0.3 is 9.72 Å². The molecule has 0 aliphatic rings. The maximum Gasteiger partial charge on any atom is 0.137 e. The van der Waals surface area contributed by atoms with Gasteiger partial charge in [0.1, 0.15) is 21.4 Å². The molecule has 0 atom stereocenters. The second-order valence-corrected chi connectivity index (χ2v) is 9.20. The molecule has 6 heterocycles. The fourth-order valence-corrected chi connectivity index (χ4v) is 5.03. The van der Waals surface area contributed by atoms with Gasteiger partial charge in [-0.05, 0) is 42.8 Å². The van der Waals surface area contributed by atoms with Crippen LogP contribution in [0.25, 0.3) is 26.8 Å². The summed E-state index contributed by atoms with van der Waals surface area (Å²) in [4.78, 5) is 15.5. The summed E-state index contributed by atoms with van der Waals surface area (Å²) in [6, 6.07) is 12.0. The first-order chi connectivity index (χ1) is 15.6. The molecule has 0 aliphatic heterocycles. The van der Waals surface area contributed by atoms with E-state index < -0.39 is 0 Å². The lowest BCUT2D eigenvalue weighted by atomic mass is 10.3. The van der Waals surface area contributed by atoms with E-state index >= 15 is 0 Å². The van der Waals surface area contributed by atoms with Gasteiger partial charge >= 0.3 is 0 Å². The molecule has 6 rings (SSSR count). The topological polar surface area (TPSA) is 72.9 Å². The van der Waals surface area contributed by atoms with Crippen molar-refractivity contribution in [3.63, 3.8) is 0 Å². The van der Waals surface area contributed by atoms with Crippen LogP contribution in [0.3, 0.4) is 0 Å². The zero-order valence-corrected chi connectivity index (χ0v) is 18.7. The molecule has 0 aliphatic carbocycles. The number of fused-ring (bicyclic) bond motifs is 3. The van der Waals surface area contributed by atoms with Gasteiger partial charge in [-0.25, -0.2) is 15.0 Å². The van der Waals surface area contributed by atoms with Gasteiger partial charge in [-0.2, -0.15) is 5.10 Å². The van der Waals surface area contributed by atoms with Crippen molar-refractivity contribution in [1.29, 1.82) is 0 Å². The predicted octanol–water partition coefficient (Wildman–Crippen LogP) is 5.31. The molecular formula is C23H18ClN7S. The number of aryl methyl sites for hydroxylation is 1. The first-order valence-corrected chi connectivity index (χ1v) is 11.4. The van der Waals surface area contributed by atoms with Crippen molar-refractivity contribution in [3.8, 4) is 0 Å². The minimum atomic E-state index is 0.514. The summed E-state index contributed by atoms with van der Waals surface area (Å²) in [6.45, 7) is 3.33. The maximum absolute atomic E-state index is 6.01. The van der Waals surface area contributed by atoms with Crippen molar-refractivity contribution in [1.82, 2.24) is 29.1 Å². The van der Waals surface area contributed by atoms with E-state index in [1.165, 1.54) is 4.88 Å². The fraction of sp³-hybridized carbons (Fsp3) is 0.130. The summed E-state index contributed by atoms with van der Waals surface area (Å²) in [5, 5.41) is 10.8. The third kappa shape index (κ3) is 3.57. The summed E-state index contributed by atoms with van der Waals surface area (Å²) < 4.78 is 4.00. The summed E-state index contributed by atoms with van der Waals surface area (Å²) in [5.41, 5.74) is 4.02. The van der Waals surface area contributed by atoms with Crippen molar-refractivity contribution in [3.05, 3.63) is 82.5 Å². The van der Waals surface area contributed by atoms with Crippen LogP contribution < -0.4 is 5.32 Å². The normalized spacial score (nSPS) is 11.7. The van der Waals surface area contributed by atoms with E-state index in [-0.39, 0.29) is 0 Å². The molecule has 9 heteroatoms. The van der Waals surface area contributed by atoms with Crippen LogP contribution in [0.4, 0.5) is 5.82 Å². The molecule has 0 unspecified atom stereocenters. The summed E-state index contributed by atoms with van der Waals surface area (Å²) in [5.74, 6) is 0.817. The van der Waals surface area contributed by atoms with Crippen LogP contribution in [0.15, 0.2) is 61.2 Å². The third-order valence-corrected chi connectivity index (χ3v) is 6.54. The van der Waals surface area contributed by atoms with E-state index in [2.05, 4.69) is 43.0 Å². The van der Waals surface area contributed by atoms with Crippen LogP contribution in [0.5, 0.6) is 0 Å². The Morgan fingerprint density at radius 2 is 2.00 bits per heavy atom. The highest BCUT2D eigenvalue weighted by Gasteiger charge is 2.10. The second kappa shape index (κ2) is 7.58. The molecule has 0 radical (unpaired) electrons. The van der Waals surface area contributed by atoms with Crippen LogP contribution in [0.2, 0.25) is 5.15 Å². The zero-order chi connectivity index (χ0) is 21.7. The van der Waals surface area contributed by atoms with Gasteiger partial charge in [-0.15, -0.1) is 11.3 Å². The Labute approximate surface area is 192 Å². The van der Waals surface area contributed by atoms with E-state index in [9.17, 15) is 0 Å². The summed E-state index contributed by atoms with van der Waals surface area (Å²) in [6.07, 6.45) is 7.96. The number of hydrogen-bond donors (Lipinski definition) is 1. The van der Waals surface area contributed by atoms with Crippen molar-refractivity contribution in [2.75, 3.05) is 5.32 Å². The molecule has 0 spiro atoms. The number of halogens is 1. The standard InChI is InChI=1S/C23H18ClN7S/c1-14-10-30-11-15(2-5-21(30)27-14)12-31-13-18-19(29-31)6-7-25-22(18)26-9-17-8-16-3-4-20(24)28-23(16)32-17/h2-8,10-11,13H,9,12H2,1H3,(H,25,26). The quantitative estimate of drug-likeness (QED) is 0.353. The molecule has 6 aromatic rings. The van der Waals surface area contributed by atoms with Gasteiger partial charge in [-0.1, -0.05) is 17.7 Å². The van der Waals surface area contributed by atoms with Gasteiger partial charge in [0, 0.05) is 35.1 Å².